The van der Waals surface area contributed by atoms with E-state index in [1.54, 1.807) is 13.8 Å². The number of amides is 3. The summed E-state index contributed by atoms with van der Waals surface area (Å²) in [5.41, 5.74) is 8.32. The fourth-order valence-electron chi connectivity index (χ4n) is 2.52. The molecule has 0 aliphatic heterocycles. The number of imide groups is 1. The Bertz CT molecular complexity index is 727. The molecule has 1 fully saturated rings. The first-order valence-corrected chi connectivity index (χ1v) is 9.69. The molecule has 3 amide bonds. The number of hydrogen-bond acceptors (Lipinski definition) is 5. The second kappa shape index (κ2) is 11.2. The first-order chi connectivity index (χ1) is 13.2. The molecule has 0 aromatic carbocycles. The normalized spacial score (nSPS) is 17.5. The molecule has 7 heteroatoms. The maximum absolute atomic E-state index is 11.8. The topological polar surface area (TPSA) is 120 Å². The Balaban J connectivity index is 3.04. The van der Waals surface area contributed by atoms with E-state index in [4.69, 9.17) is 11.1 Å². The van der Waals surface area contributed by atoms with E-state index >= 15 is 0 Å². The Labute approximate surface area is 167 Å². The van der Waals surface area contributed by atoms with E-state index in [9.17, 15) is 9.59 Å². The Hall–Kier alpha value is -2.70. The molecular weight excluding hydrogens is 354 g/mol. The van der Waals surface area contributed by atoms with Gasteiger partial charge in [-0.05, 0) is 64.0 Å². The van der Waals surface area contributed by atoms with Crippen LogP contribution in [0.3, 0.4) is 0 Å². The van der Waals surface area contributed by atoms with Gasteiger partial charge in [0.05, 0.1) is 0 Å². The number of carbonyl (C=O) groups excluding carboxylic acids is 2. The third-order valence-electron chi connectivity index (χ3n) is 4.68. The van der Waals surface area contributed by atoms with Crippen molar-refractivity contribution in [3.8, 4) is 0 Å². The number of rotatable bonds is 10. The average Bonchev–Trinajstić information content (AvgIpc) is 3.45. The molecule has 154 valence electrons. The summed E-state index contributed by atoms with van der Waals surface area (Å²) >= 11 is 0. The molecule has 1 atom stereocenters. The molecule has 28 heavy (non-hydrogen) atoms. The number of aliphatic imine (C=N–C) groups is 1. The monoisotopic (exact) mass is 387 g/mol. The van der Waals surface area contributed by atoms with Crippen molar-refractivity contribution in [3.05, 3.63) is 34.7 Å². The zero-order chi connectivity index (χ0) is 21.3. The van der Waals surface area contributed by atoms with Crippen molar-refractivity contribution in [2.45, 2.75) is 53.9 Å². The van der Waals surface area contributed by atoms with Crippen molar-refractivity contribution in [3.63, 3.8) is 0 Å². The SMILES string of the molecule is CC[C@@H](C)\C(=C/C(C)=N\C(C)=C(C=N)/C=C(\C)C(=O)NC(N)=O)NCC1CC1. The molecule has 1 aliphatic rings. The van der Waals surface area contributed by atoms with Crippen molar-refractivity contribution in [2.24, 2.45) is 22.6 Å². The van der Waals surface area contributed by atoms with Crippen LogP contribution >= 0.6 is 0 Å². The smallest absolute Gasteiger partial charge is 0.319 e. The van der Waals surface area contributed by atoms with Crippen molar-refractivity contribution in [2.75, 3.05) is 6.54 Å². The van der Waals surface area contributed by atoms with Crippen LogP contribution in [0.1, 0.15) is 53.9 Å². The number of nitrogens with zero attached hydrogens (tertiary/aromatic N) is 1. The summed E-state index contributed by atoms with van der Waals surface area (Å²) in [6, 6.07) is -0.912. The van der Waals surface area contributed by atoms with Crippen molar-refractivity contribution in [1.82, 2.24) is 10.6 Å². The fraction of sp³-hybridized carbons (Fsp3) is 0.524. The third kappa shape index (κ3) is 8.33. The number of primary amides is 1. The number of allylic oxidation sites excluding steroid dienone is 5. The zero-order valence-corrected chi connectivity index (χ0v) is 17.6. The molecule has 5 N–H and O–H groups in total. The van der Waals surface area contributed by atoms with Crippen LogP contribution in [0.15, 0.2) is 39.7 Å². The number of carbonyl (C=O) groups is 2. The molecular formula is C21H33N5O2. The van der Waals surface area contributed by atoms with E-state index in [2.05, 4.69) is 30.2 Å². The van der Waals surface area contributed by atoms with Gasteiger partial charge in [-0.1, -0.05) is 13.8 Å². The Kier molecular flexibility index (Phi) is 9.35. The van der Waals surface area contributed by atoms with Gasteiger partial charge in [0.1, 0.15) is 0 Å². The van der Waals surface area contributed by atoms with Gasteiger partial charge < -0.3 is 16.5 Å². The molecule has 0 unspecified atom stereocenters. The highest BCUT2D eigenvalue weighted by atomic mass is 16.2. The molecule has 1 saturated carbocycles. The minimum absolute atomic E-state index is 0.270. The molecule has 0 heterocycles. The van der Waals surface area contributed by atoms with Crippen LogP contribution in [-0.2, 0) is 4.79 Å². The number of hydrogen-bond donors (Lipinski definition) is 4. The van der Waals surface area contributed by atoms with E-state index in [0.717, 1.165) is 30.8 Å². The highest BCUT2D eigenvalue weighted by molar-refractivity contribution is 6.04. The van der Waals surface area contributed by atoms with E-state index in [1.165, 1.54) is 24.6 Å². The molecule has 0 aromatic rings. The lowest BCUT2D eigenvalue weighted by atomic mass is 10.0. The van der Waals surface area contributed by atoms with Crippen LogP contribution in [-0.4, -0.2) is 30.4 Å². The molecule has 0 bridgehead atoms. The summed E-state index contributed by atoms with van der Waals surface area (Å²) < 4.78 is 0. The first-order valence-electron chi connectivity index (χ1n) is 9.69. The lowest BCUT2D eigenvalue weighted by Gasteiger charge is -2.17. The van der Waals surface area contributed by atoms with Crippen molar-refractivity contribution >= 4 is 23.9 Å². The van der Waals surface area contributed by atoms with E-state index < -0.39 is 11.9 Å². The van der Waals surface area contributed by atoms with Crippen LogP contribution < -0.4 is 16.4 Å². The molecule has 0 spiro atoms. The maximum Gasteiger partial charge on any atom is 0.319 e. The Morgan fingerprint density at radius 3 is 2.39 bits per heavy atom. The van der Waals surface area contributed by atoms with E-state index in [1.807, 2.05) is 12.2 Å². The van der Waals surface area contributed by atoms with Gasteiger partial charge in [0.2, 0.25) is 0 Å². The van der Waals surface area contributed by atoms with Gasteiger partial charge in [0.15, 0.2) is 0 Å². The lowest BCUT2D eigenvalue weighted by Crippen LogP contribution is -2.35. The molecule has 7 nitrogen and oxygen atoms in total. The van der Waals surface area contributed by atoms with Gasteiger partial charge in [-0.3, -0.25) is 15.1 Å². The van der Waals surface area contributed by atoms with Crippen molar-refractivity contribution < 1.29 is 9.59 Å². The highest BCUT2D eigenvalue weighted by Gasteiger charge is 2.21. The summed E-state index contributed by atoms with van der Waals surface area (Å²) in [4.78, 5) is 27.2. The molecule has 1 aliphatic carbocycles. The second-order valence-electron chi connectivity index (χ2n) is 7.32. The predicted molar refractivity (Wildman–Crippen MR) is 114 cm³/mol. The standard InChI is InChI=1S/C21H33N5O2/c1-6-13(2)19(24-12-17-7-8-17)10-15(4)25-16(5)18(11-22)9-14(3)20(27)26-21(23)28/h9-11,13,17,22,24H,6-8,12H2,1-5H3,(H3,23,26,27,28)/b14-9+,18-16+,19-10+,22-11?,25-15-/t13-/m1/s1. The van der Waals surface area contributed by atoms with Crippen molar-refractivity contribution in [1.29, 1.82) is 5.41 Å². The third-order valence-corrected chi connectivity index (χ3v) is 4.68. The fourth-order valence-corrected chi connectivity index (χ4v) is 2.52. The summed E-state index contributed by atoms with van der Waals surface area (Å²) in [7, 11) is 0. The molecule has 0 aromatic heterocycles. The summed E-state index contributed by atoms with van der Waals surface area (Å²) in [5, 5.41) is 13.2. The van der Waals surface area contributed by atoms with E-state index in [-0.39, 0.29) is 5.57 Å². The van der Waals surface area contributed by atoms with Crippen LogP contribution in [0.4, 0.5) is 4.79 Å². The minimum Gasteiger partial charge on any atom is -0.388 e. The van der Waals surface area contributed by atoms with E-state index in [0.29, 0.717) is 17.2 Å². The van der Waals surface area contributed by atoms with Crippen LogP contribution in [0.2, 0.25) is 0 Å². The van der Waals surface area contributed by atoms with Gasteiger partial charge in [-0.25, -0.2) is 4.79 Å². The van der Waals surface area contributed by atoms with Crippen LogP contribution in [0.5, 0.6) is 0 Å². The quantitative estimate of drug-likeness (QED) is 0.261. The van der Waals surface area contributed by atoms with Gasteiger partial charge in [0, 0.05) is 41.0 Å². The number of nitrogens with one attached hydrogen (secondary N) is 3. The number of urea groups is 1. The van der Waals surface area contributed by atoms with Gasteiger partial charge in [-0.2, -0.15) is 0 Å². The Morgan fingerprint density at radius 1 is 1.25 bits per heavy atom. The number of nitrogens with two attached hydrogens (primary N) is 1. The largest absolute Gasteiger partial charge is 0.388 e. The van der Waals surface area contributed by atoms with Gasteiger partial charge in [-0.15, -0.1) is 0 Å². The molecule has 0 saturated heterocycles. The van der Waals surface area contributed by atoms with Crippen LogP contribution in [0, 0.1) is 17.2 Å². The molecule has 0 radical (unpaired) electrons. The summed E-state index contributed by atoms with van der Waals surface area (Å²) in [6.07, 6.45) is 8.34. The average molecular weight is 388 g/mol. The summed E-state index contributed by atoms with van der Waals surface area (Å²) in [6.45, 7) is 10.6. The Morgan fingerprint density at radius 2 is 1.89 bits per heavy atom. The maximum atomic E-state index is 11.8. The van der Waals surface area contributed by atoms with Gasteiger partial charge in [0.25, 0.3) is 5.91 Å². The minimum atomic E-state index is -0.912. The molecule has 1 rings (SSSR count). The zero-order valence-electron chi connectivity index (χ0n) is 17.6. The first kappa shape index (κ1) is 23.3. The second-order valence-corrected chi connectivity index (χ2v) is 7.32. The van der Waals surface area contributed by atoms with Crippen LogP contribution in [0.25, 0.3) is 0 Å². The lowest BCUT2D eigenvalue weighted by molar-refractivity contribution is -0.116. The highest BCUT2D eigenvalue weighted by Crippen LogP contribution is 2.28. The summed E-state index contributed by atoms with van der Waals surface area (Å²) in [5.74, 6) is 0.606. The predicted octanol–water partition coefficient (Wildman–Crippen LogP) is 3.44. The van der Waals surface area contributed by atoms with Gasteiger partial charge >= 0.3 is 6.03 Å².